The van der Waals surface area contributed by atoms with E-state index in [4.69, 9.17) is 4.74 Å². The third-order valence-electron chi connectivity index (χ3n) is 3.98. The molecular formula is C17H27NO2. The van der Waals surface area contributed by atoms with Crippen molar-refractivity contribution in [1.29, 1.82) is 0 Å². The average Bonchev–Trinajstić information content (AvgIpc) is 2.47. The number of nitrogens with one attached hydrogen (secondary N) is 1. The first-order valence-electron chi connectivity index (χ1n) is 7.87. The fourth-order valence-electron chi connectivity index (χ4n) is 2.82. The van der Waals surface area contributed by atoms with Crippen LogP contribution in [0.3, 0.4) is 0 Å². The highest BCUT2D eigenvalue weighted by molar-refractivity contribution is 5.26. The highest BCUT2D eigenvalue weighted by Gasteiger charge is 2.13. The van der Waals surface area contributed by atoms with Crippen molar-refractivity contribution in [2.24, 2.45) is 0 Å². The highest BCUT2D eigenvalue weighted by atomic mass is 16.5. The number of hydrogen-bond donors (Lipinski definition) is 2. The largest absolute Gasteiger partial charge is 0.508 e. The van der Waals surface area contributed by atoms with Crippen LogP contribution in [-0.2, 0) is 11.2 Å². The molecule has 112 valence electrons. The van der Waals surface area contributed by atoms with Crippen molar-refractivity contribution >= 4 is 0 Å². The van der Waals surface area contributed by atoms with Crippen LogP contribution in [0.25, 0.3) is 0 Å². The number of phenolic OH excluding ortho intramolecular Hbond substituents is 1. The van der Waals surface area contributed by atoms with Gasteiger partial charge in [-0.15, -0.1) is 0 Å². The molecule has 3 heteroatoms. The summed E-state index contributed by atoms with van der Waals surface area (Å²) in [6, 6.07) is 7.87. The molecule has 1 atom stereocenters. The summed E-state index contributed by atoms with van der Waals surface area (Å²) in [6.45, 7) is 3.91. The van der Waals surface area contributed by atoms with Crippen LogP contribution in [0.15, 0.2) is 24.3 Å². The van der Waals surface area contributed by atoms with Crippen LogP contribution in [0.2, 0.25) is 0 Å². The molecule has 0 aliphatic heterocycles. The Bertz CT molecular complexity index is 371. The first-order chi connectivity index (χ1) is 9.74. The molecule has 2 rings (SSSR count). The predicted molar refractivity (Wildman–Crippen MR) is 82.1 cm³/mol. The highest BCUT2D eigenvalue weighted by Crippen LogP contribution is 2.19. The van der Waals surface area contributed by atoms with E-state index in [-0.39, 0.29) is 0 Å². The van der Waals surface area contributed by atoms with E-state index in [2.05, 4.69) is 12.2 Å². The molecule has 0 aromatic heterocycles. The molecule has 1 unspecified atom stereocenters. The van der Waals surface area contributed by atoms with E-state index >= 15 is 0 Å². The summed E-state index contributed by atoms with van der Waals surface area (Å²) in [6.07, 6.45) is 7.99. The molecule has 0 spiro atoms. The lowest BCUT2D eigenvalue weighted by atomic mass is 9.98. The van der Waals surface area contributed by atoms with Crippen molar-refractivity contribution < 1.29 is 9.84 Å². The van der Waals surface area contributed by atoms with E-state index in [1.807, 2.05) is 12.1 Å². The number of aromatic hydroxyl groups is 1. The molecule has 1 fully saturated rings. The normalized spacial score (nSPS) is 18.1. The van der Waals surface area contributed by atoms with E-state index in [9.17, 15) is 5.11 Å². The molecule has 0 heterocycles. The van der Waals surface area contributed by atoms with Gasteiger partial charge in [-0.2, -0.15) is 0 Å². The zero-order valence-electron chi connectivity index (χ0n) is 12.5. The fourth-order valence-corrected chi connectivity index (χ4v) is 2.82. The van der Waals surface area contributed by atoms with Gasteiger partial charge in [-0.3, -0.25) is 0 Å². The quantitative estimate of drug-likeness (QED) is 0.752. The minimum atomic E-state index is 0.329. The molecule has 0 amide bonds. The number of ether oxygens (including phenoxy) is 1. The summed E-state index contributed by atoms with van der Waals surface area (Å²) >= 11 is 0. The van der Waals surface area contributed by atoms with Gasteiger partial charge >= 0.3 is 0 Å². The zero-order valence-corrected chi connectivity index (χ0v) is 12.5. The fraction of sp³-hybridized carbons (Fsp3) is 0.647. The average molecular weight is 277 g/mol. The standard InChI is InChI=1S/C17H27NO2/c1-14(13-15-7-9-16(19)10-8-15)18-11-12-20-17-5-3-2-4-6-17/h7-10,14,17-19H,2-6,11-13H2,1H3. The topological polar surface area (TPSA) is 41.5 Å². The van der Waals surface area contributed by atoms with E-state index in [0.717, 1.165) is 19.6 Å². The smallest absolute Gasteiger partial charge is 0.115 e. The molecule has 2 N–H and O–H groups in total. The Labute approximate surface area is 122 Å². The molecule has 20 heavy (non-hydrogen) atoms. The van der Waals surface area contributed by atoms with Crippen LogP contribution < -0.4 is 5.32 Å². The van der Waals surface area contributed by atoms with Crippen LogP contribution in [0.4, 0.5) is 0 Å². The minimum absolute atomic E-state index is 0.329. The maximum atomic E-state index is 9.26. The van der Waals surface area contributed by atoms with Gasteiger partial charge in [0.2, 0.25) is 0 Å². The Morgan fingerprint density at radius 2 is 1.90 bits per heavy atom. The molecule has 1 aliphatic carbocycles. The summed E-state index contributed by atoms with van der Waals surface area (Å²) < 4.78 is 5.90. The summed E-state index contributed by atoms with van der Waals surface area (Å²) in [7, 11) is 0. The van der Waals surface area contributed by atoms with Gasteiger partial charge in [0.05, 0.1) is 12.7 Å². The van der Waals surface area contributed by atoms with Gasteiger partial charge in [-0.25, -0.2) is 0 Å². The molecule has 1 aromatic rings. The number of phenols is 1. The summed E-state index contributed by atoms with van der Waals surface area (Å²) in [5, 5.41) is 12.8. The molecule has 1 aliphatic rings. The van der Waals surface area contributed by atoms with Crippen molar-refractivity contribution in [3.8, 4) is 5.75 Å². The van der Waals surface area contributed by atoms with Crippen molar-refractivity contribution in [1.82, 2.24) is 5.32 Å². The maximum Gasteiger partial charge on any atom is 0.115 e. The van der Waals surface area contributed by atoms with Crippen LogP contribution in [0.1, 0.15) is 44.6 Å². The summed E-state index contributed by atoms with van der Waals surface area (Å²) in [5.74, 6) is 0.329. The summed E-state index contributed by atoms with van der Waals surface area (Å²) in [4.78, 5) is 0. The van der Waals surface area contributed by atoms with Gasteiger partial charge in [-0.1, -0.05) is 31.4 Å². The van der Waals surface area contributed by atoms with Crippen molar-refractivity contribution in [2.45, 2.75) is 57.6 Å². The van der Waals surface area contributed by atoms with Crippen LogP contribution >= 0.6 is 0 Å². The molecule has 0 bridgehead atoms. The maximum absolute atomic E-state index is 9.26. The predicted octanol–water partition coefficient (Wildman–Crippen LogP) is 3.26. The third kappa shape index (κ3) is 5.51. The molecule has 3 nitrogen and oxygen atoms in total. The molecule has 1 aromatic carbocycles. The van der Waals surface area contributed by atoms with Crippen LogP contribution in [0.5, 0.6) is 5.75 Å². The zero-order chi connectivity index (χ0) is 14.2. The first-order valence-corrected chi connectivity index (χ1v) is 7.87. The Morgan fingerprint density at radius 1 is 1.20 bits per heavy atom. The molecule has 0 saturated heterocycles. The van der Waals surface area contributed by atoms with Gasteiger partial charge in [0.15, 0.2) is 0 Å². The Hall–Kier alpha value is -1.06. The van der Waals surface area contributed by atoms with Crippen LogP contribution in [-0.4, -0.2) is 30.4 Å². The van der Waals surface area contributed by atoms with Gasteiger partial charge in [0.25, 0.3) is 0 Å². The Morgan fingerprint density at radius 3 is 2.60 bits per heavy atom. The van der Waals surface area contributed by atoms with E-state index in [1.54, 1.807) is 12.1 Å². The Kier molecular flexibility index (Phi) is 6.34. The van der Waals surface area contributed by atoms with E-state index < -0.39 is 0 Å². The second kappa shape index (κ2) is 8.28. The SMILES string of the molecule is CC(Cc1ccc(O)cc1)NCCOC1CCCCC1. The molecule has 0 radical (unpaired) electrons. The second-order valence-corrected chi connectivity index (χ2v) is 5.86. The van der Waals surface area contributed by atoms with E-state index in [1.165, 1.54) is 37.7 Å². The lowest BCUT2D eigenvalue weighted by Crippen LogP contribution is -2.32. The molecule has 1 saturated carbocycles. The number of benzene rings is 1. The monoisotopic (exact) mass is 277 g/mol. The lowest BCUT2D eigenvalue weighted by Gasteiger charge is -2.22. The molecular weight excluding hydrogens is 250 g/mol. The first kappa shape index (κ1) is 15.3. The van der Waals surface area contributed by atoms with Gasteiger partial charge < -0.3 is 15.2 Å². The minimum Gasteiger partial charge on any atom is -0.508 e. The van der Waals surface area contributed by atoms with Gasteiger partial charge in [-0.05, 0) is 43.9 Å². The summed E-state index contributed by atoms with van der Waals surface area (Å²) in [5.41, 5.74) is 1.25. The van der Waals surface area contributed by atoms with Crippen molar-refractivity contribution in [3.05, 3.63) is 29.8 Å². The van der Waals surface area contributed by atoms with Crippen LogP contribution in [0, 0.1) is 0 Å². The number of hydrogen-bond acceptors (Lipinski definition) is 3. The second-order valence-electron chi connectivity index (χ2n) is 5.86. The van der Waals surface area contributed by atoms with E-state index in [0.29, 0.717) is 17.9 Å². The Balaban J connectivity index is 1.57. The number of rotatable bonds is 7. The van der Waals surface area contributed by atoms with Gasteiger partial charge in [0, 0.05) is 12.6 Å². The van der Waals surface area contributed by atoms with Crippen molar-refractivity contribution in [3.63, 3.8) is 0 Å². The van der Waals surface area contributed by atoms with Crippen molar-refractivity contribution in [2.75, 3.05) is 13.2 Å². The third-order valence-corrected chi connectivity index (χ3v) is 3.98. The van der Waals surface area contributed by atoms with Gasteiger partial charge in [0.1, 0.15) is 5.75 Å². The lowest BCUT2D eigenvalue weighted by molar-refractivity contribution is 0.0295.